The normalized spacial score (nSPS) is 11.0. The highest BCUT2D eigenvalue weighted by molar-refractivity contribution is 7.71. The molecule has 1 aromatic carbocycles. The van der Waals surface area contributed by atoms with E-state index in [0.29, 0.717) is 10.2 Å². The van der Waals surface area contributed by atoms with Crippen molar-refractivity contribution < 1.29 is 4.74 Å². The van der Waals surface area contributed by atoms with Gasteiger partial charge in [-0.3, -0.25) is 9.78 Å². The third kappa shape index (κ3) is 2.30. The first kappa shape index (κ1) is 14.0. The summed E-state index contributed by atoms with van der Waals surface area (Å²) in [6.45, 7) is 4.00. The van der Waals surface area contributed by atoms with Crippen molar-refractivity contribution in [1.29, 1.82) is 0 Å². The van der Waals surface area contributed by atoms with E-state index < -0.39 is 0 Å². The molecule has 4 nitrogen and oxygen atoms in total. The van der Waals surface area contributed by atoms with Gasteiger partial charge in [0, 0.05) is 10.4 Å². The van der Waals surface area contributed by atoms with E-state index in [-0.39, 0.29) is 5.56 Å². The van der Waals surface area contributed by atoms with E-state index in [1.54, 1.807) is 18.4 Å². The maximum atomic E-state index is 12.3. The molecule has 0 bridgehead atoms. The van der Waals surface area contributed by atoms with E-state index in [9.17, 15) is 4.79 Å². The van der Waals surface area contributed by atoms with Crippen LogP contribution in [0.4, 0.5) is 0 Å². The maximum Gasteiger partial charge on any atom is 0.261 e. The van der Waals surface area contributed by atoms with Gasteiger partial charge in [-0.05, 0) is 49.3 Å². The fraction of sp³-hybridized carbons (Fsp3) is 0.200. The van der Waals surface area contributed by atoms with Crippen LogP contribution in [0.2, 0.25) is 0 Å². The number of ether oxygens (including phenoxy) is 1. The van der Waals surface area contributed by atoms with Crippen LogP contribution in [0, 0.1) is 18.6 Å². The molecule has 0 saturated carbocycles. The number of rotatable bonds is 2. The lowest BCUT2D eigenvalue weighted by molar-refractivity contribution is 0.412. The molecule has 0 saturated heterocycles. The van der Waals surface area contributed by atoms with Gasteiger partial charge >= 0.3 is 0 Å². The Balaban J connectivity index is 2.35. The van der Waals surface area contributed by atoms with Crippen LogP contribution < -0.4 is 10.3 Å². The zero-order chi connectivity index (χ0) is 15.1. The third-order valence-corrected chi connectivity index (χ3v) is 4.67. The van der Waals surface area contributed by atoms with Crippen molar-refractivity contribution in [1.82, 2.24) is 9.97 Å². The van der Waals surface area contributed by atoms with Crippen molar-refractivity contribution >= 4 is 33.8 Å². The van der Waals surface area contributed by atoms with Gasteiger partial charge in [-0.25, -0.2) is 0 Å². The summed E-state index contributed by atoms with van der Waals surface area (Å²) in [5.74, 6) is 0.837. The Bertz CT molecular complexity index is 950. The minimum atomic E-state index is -0.151. The Hall–Kier alpha value is -1.92. The van der Waals surface area contributed by atoms with Crippen LogP contribution in [0.3, 0.4) is 0 Å². The van der Waals surface area contributed by atoms with Crippen LogP contribution in [-0.4, -0.2) is 17.1 Å². The summed E-state index contributed by atoms with van der Waals surface area (Å²) in [5.41, 5.74) is 2.84. The second kappa shape index (κ2) is 5.13. The number of H-pyrrole nitrogens is 2. The lowest BCUT2D eigenvalue weighted by Crippen LogP contribution is -2.07. The van der Waals surface area contributed by atoms with Crippen molar-refractivity contribution in [2.75, 3.05) is 7.11 Å². The first-order chi connectivity index (χ1) is 10.0. The standard InChI is InChI=1S/C15H14N2O2S2/c1-7-6-9(4-5-10(7)19-3)11-8(2)21-14-12(11)13(18)16-15(20)17-14/h4-6H,1-3H3,(H2,16,17,18,20). The number of thiophene rings is 1. The molecule has 108 valence electrons. The van der Waals surface area contributed by atoms with E-state index in [0.717, 1.165) is 32.1 Å². The SMILES string of the molecule is COc1ccc(-c2c(C)sc3[nH]c(=S)[nH]c(=O)c23)cc1C. The first-order valence-corrected chi connectivity index (χ1v) is 7.64. The van der Waals surface area contributed by atoms with Gasteiger partial charge in [0.05, 0.1) is 12.5 Å². The van der Waals surface area contributed by atoms with Crippen molar-refractivity contribution in [2.24, 2.45) is 0 Å². The van der Waals surface area contributed by atoms with Crippen LogP contribution in [0.1, 0.15) is 10.4 Å². The Morgan fingerprint density at radius 3 is 2.67 bits per heavy atom. The topological polar surface area (TPSA) is 57.9 Å². The average molecular weight is 318 g/mol. The molecule has 0 aliphatic rings. The number of methoxy groups -OCH3 is 1. The van der Waals surface area contributed by atoms with Crippen molar-refractivity contribution in [3.05, 3.63) is 43.8 Å². The van der Waals surface area contributed by atoms with Crippen molar-refractivity contribution in [3.63, 3.8) is 0 Å². The second-order valence-corrected chi connectivity index (χ2v) is 6.46. The van der Waals surface area contributed by atoms with E-state index in [4.69, 9.17) is 17.0 Å². The largest absolute Gasteiger partial charge is 0.496 e. The van der Waals surface area contributed by atoms with Gasteiger partial charge in [0.1, 0.15) is 10.6 Å². The van der Waals surface area contributed by atoms with Crippen LogP contribution in [0.5, 0.6) is 5.75 Å². The smallest absolute Gasteiger partial charge is 0.261 e. The zero-order valence-electron chi connectivity index (χ0n) is 11.9. The predicted molar refractivity (Wildman–Crippen MR) is 89.1 cm³/mol. The van der Waals surface area contributed by atoms with E-state index in [1.165, 1.54) is 0 Å². The highest BCUT2D eigenvalue weighted by Gasteiger charge is 2.15. The lowest BCUT2D eigenvalue weighted by Gasteiger charge is -2.07. The highest BCUT2D eigenvalue weighted by Crippen LogP contribution is 2.36. The van der Waals surface area contributed by atoms with Gasteiger partial charge < -0.3 is 9.72 Å². The zero-order valence-corrected chi connectivity index (χ0v) is 13.5. The van der Waals surface area contributed by atoms with E-state index >= 15 is 0 Å². The van der Waals surface area contributed by atoms with Gasteiger partial charge in [-0.2, -0.15) is 0 Å². The Labute approximate surface area is 130 Å². The summed E-state index contributed by atoms with van der Waals surface area (Å²) in [5, 5.41) is 0.663. The Kier molecular flexibility index (Phi) is 3.43. The van der Waals surface area contributed by atoms with E-state index in [1.807, 2.05) is 32.0 Å². The number of aromatic nitrogens is 2. The maximum absolute atomic E-state index is 12.3. The van der Waals surface area contributed by atoms with Gasteiger partial charge in [0.15, 0.2) is 4.77 Å². The molecule has 2 N–H and O–H groups in total. The summed E-state index contributed by atoms with van der Waals surface area (Å²) in [7, 11) is 1.65. The summed E-state index contributed by atoms with van der Waals surface area (Å²) >= 11 is 6.57. The van der Waals surface area contributed by atoms with Crippen molar-refractivity contribution in [3.8, 4) is 16.9 Å². The highest BCUT2D eigenvalue weighted by atomic mass is 32.1. The van der Waals surface area contributed by atoms with Crippen LogP contribution in [-0.2, 0) is 0 Å². The molecule has 2 aromatic heterocycles. The molecule has 6 heteroatoms. The molecule has 0 unspecified atom stereocenters. The molecular weight excluding hydrogens is 304 g/mol. The number of aryl methyl sites for hydroxylation is 2. The van der Waals surface area contributed by atoms with Gasteiger partial charge in [-0.1, -0.05) is 6.07 Å². The van der Waals surface area contributed by atoms with Gasteiger partial charge in [-0.15, -0.1) is 11.3 Å². The molecule has 0 fully saturated rings. The molecule has 3 rings (SSSR count). The number of hydrogen-bond donors (Lipinski definition) is 2. The number of fused-ring (bicyclic) bond motifs is 1. The quantitative estimate of drug-likeness (QED) is 0.704. The fourth-order valence-corrected chi connectivity index (χ4v) is 3.87. The molecule has 2 heterocycles. The molecular formula is C15H14N2O2S2. The van der Waals surface area contributed by atoms with Crippen molar-refractivity contribution in [2.45, 2.75) is 13.8 Å². The second-order valence-electron chi connectivity index (χ2n) is 4.83. The molecule has 0 aliphatic carbocycles. The molecule has 0 spiro atoms. The molecule has 0 atom stereocenters. The first-order valence-electron chi connectivity index (χ1n) is 6.42. The molecule has 0 amide bonds. The van der Waals surface area contributed by atoms with Gasteiger partial charge in [0.2, 0.25) is 0 Å². The minimum Gasteiger partial charge on any atom is -0.496 e. The molecule has 3 aromatic rings. The summed E-state index contributed by atoms with van der Waals surface area (Å²) < 4.78 is 5.64. The Morgan fingerprint density at radius 2 is 2.00 bits per heavy atom. The lowest BCUT2D eigenvalue weighted by atomic mass is 10.0. The molecule has 21 heavy (non-hydrogen) atoms. The number of hydrogen-bond acceptors (Lipinski definition) is 4. The third-order valence-electron chi connectivity index (χ3n) is 3.45. The number of aromatic amines is 2. The fourth-order valence-electron chi connectivity index (χ4n) is 2.53. The Morgan fingerprint density at radius 1 is 1.24 bits per heavy atom. The molecule has 0 radical (unpaired) electrons. The molecule has 0 aliphatic heterocycles. The number of nitrogens with one attached hydrogen (secondary N) is 2. The van der Waals surface area contributed by atoms with Crippen LogP contribution in [0.15, 0.2) is 23.0 Å². The summed E-state index contributed by atoms with van der Waals surface area (Å²) in [6, 6.07) is 5.93. The van der Waals surface area contributed by atoms with Gasteiger partial charge in [0.25, 0.3) is 5.56 Å². The van der Waals surface area contributed by atoms with Crippen LogP contribution in [0.25, 0.3) is 21.3 Å². The van der Waals surface area contributed by atoms with E-state index in [2.05, 4.69) is 9.97 Å². The monoisotopic (exact) mass is 318 g/mol. The average Bonchev–Trinajstić information content (AvgIpc) is 2.74. The van der Waals surface area contributed by atoms with Crippen LogP contribution >= 0.6 is 23.6 Å². The number of benzene rings is 1. The summed E-state index contributed by atoms with van der Waals surface area (Å²) in [4.78, 5) is 19.9. The summed E-state index contributed by atoms with van der Waals surface area (Å²) in [6.07, 6.45) is 0. The predicted octanol–water partition coefficient (Wildman–Crippen LogP) is 3.94. The minimum absolute atomic E-state index is 0.151.